The standard InChI is InChI=1S/C24H39N5O5/c1-24(2,3)34-23(33)29-11-9-19(22(32)27-17-7-5-4-6-8-17)20(15-29)21(31)26-13-18(30)14-28-12-10-25-16-28/h10,12,16-20,30H,4-9,11,13-15H2,1-3H3,(H,26,31)(H,27,32)/t18?,19?,20-/m0/s1. The lowest BCUT2D eigenvalue weighted by atomic mass is 9.83. The van der Waals surface area contributed by atoms with Gasteiger partial charge >= 0.3 is 6.09 Å². The first-order valence-electron chi connectivity index (χ1n) is 12.3. The summed E-state index contributed by atoms with van der Waals surface area (Å²) in [6.45, 7) is 6.16. The number of aliphatic hydroxyl groups is 1. The molecule has 34 heavy (non-hydrogen) atoms. The number of nitrogens with zero attached hydrogens (tertiary/aromatic N) is 3. The Labute approximate surface area is 201 Å². The van der Waals surface area contributed by atoms with E-state index in [4.69, 9.17) is 4.74 Å². The second kappa shape index (κ2) is 11.7. The molecule has 0 aromatic carbocycles. The number of likely N-dealkylation sites (tertiary alicyclic amines) is 1. The minimum absolute atomic E-state index is 0.0386. The fourth-order valence-electron chi connectivity index (χ4n) is 4.63. The Bertz CT molecular complexity index is 816. The molecule has 1 aliphatic heterocycles. The van der Waals surface area contributed by atoms with Crippen LogP contribution >= 0.6 is 0 Å². The molecular weight excluding hydrogens is 438 g/mol. The number of hydrogen-bond acceptors (Lipinski definition) is 6. The van der Waals surface area contributed by atoms with E-state index in [9.17, 15) is 19.5 Å². The summed E-state index contributed by atoms with van der Waals surface area (Å²) in [7, 11) is 0. The highest BCUT2D eigenvalue weighted by Crippen LogP contribution is 2.27. The minimum atomic E-state index is -0.807. The minimum Gasteiger partial charge on any atom is -0.444 e. The summed E-state index contributed by atoms with van der Waals surface area (Å²) in [5, 5.41) is 16.2. The molecule has 3 N–H and O–H groups in total. The Hall–Kier alpha value is -2.62. The van der Waals surface area contributed by atoms with Gasteiger partial charge in [-0.2, -0.15) is 0 Å². The highest BCUT2D eigenvalue weighted by Gasteiger charge is 2.41. The molecule has 2 heterocycles. The van der Waals surface area contributed by atoms with Crippen LogP contribution in [0.25, 0.3) is 0 Å². The number of aromatic nitrogens is 2. The molecule has 3 atom stereocenters. The van der Waals surface area contributed by atoms with Gasteiger partial charge < -0.3 is 29.9 Å². The summed E-state index contributed by atoms with van der Waals surface area (Å²) in [5.74, 6) is -1.73. The third kappa shape index (κ3) is 7.72. The largest absolute Gasteiger partial charge is 0.444 e. The van der Waals surface area contributed by atoms with Gasteiger partial charge in [-0.25, -0.2) is 9.78 Å². The Morgan fingerprint density at radius 1 is 1.12 bits per heavy atom. The predicted molar refractivity (Wildman–Crippen MR) is 126 cm³/mol. The molecule has 190 valence electrons. The maximum absolute atomic E-state index is 13.2. The normalized spacial score (nSPS) is 22.6. The van der Waals surface area contributed by atoms with E-state index in [2.05, 4.69) is 15.6 Å². The van der Waals surface area contributed by atoms with Crippen LogP contribution in [0.5, 0.6) is 0 Å². The van der Waals surface area contributed by atoms with Crippen molar-refractivity contribution in [2.75, 3.05) is 19.6 Å². The van der Waals surface area contributed by atoms with Gasteiger partial charge in [0.25, 0.3) is 0 Å². The number of rotatable bonds is 7. The predicted octanol–water partition coefficient (Wildman–Crippen LogP) is 1.68. The Balaban J connectivity index is 1.64. The topological polar surface area (TPSA) is 126 Å². The van der Waals surface area contributed by atoms with Gasteiger partial charge in [0.05, 0.1) is 30.8 Å². The first-order valence-corrected chi connectivity index (χ1v) is 12.3. The molecule has 3 rings (SSSR count). The number of hydrogen-bond donors (Lipinski definition) is 3. The average molecular weight is 478 g/mol. The molecule has 1 saturated carbocycles. The van der Waals surface area contributed by atoms with E-state index in [1.165, 1.54) is 11.3 Å². The van der Waals surface area contributed by atoms with Gasteiger partial charge in [-0.1, -0.05) is 19.3 Å². The van der Waals surface area contributed by atoms with Gasteiger partial charge in [0, 0.05) is 38.1 Å². The van der Waals surface area contributed by atoms with Crippen LogP contribution in [0.4, 0.5) is 4.79 Å². The van der Waals surface area contributed by atoms with E-state index in [0.29, 0.717) is 19.5 Å². The van der Waals surface area contributed by atoms with Crippen LogP contribution in [-0.2, 0) is 20.9 Å². The third-order valence-corrected chi connectivity index (χ3v) is 6.38. The molecular formula is C24H39N5O5. The van der Waals surface area contributed by atoms with Crippen LogP contribution in [0, 0.1) is 11.8 Å². The van der Waals surface area contributed by atoms with Crippen molar-refractivity contribution in [1.29, 1.82) is 0 Å². The number of amides is 3. The van der Waals surface area contributed by atoms with Crippen LogP contribution < -0.4 is 10.6 Å². The lowest BCUT2D eigenvalue weighted by molar-refractivity contribution is -0.138. The van der Waals surface area contributed by atoms with E-state index >= 15 is 0 Å². The first kappa shape index (κ1) is 26.0. The van der Waals surface area contributed by atoms with Crippen molar-refractivity contribution >= 4 is 17.9 Å². The number of nitrogens with one attached hydrogen (secondary N) is 2. The van der Waals surface area contributed by atoms with E-state index in [-0.39, 0.29) is 30.9 Å². The van der Waals surface area contributed by atoms with Gasteiger partial charge in [0.2, 0.25) is 11.8 Å². The number of carbonyl (C=O) groups excluding carboxylic acids is 3. The summed E-state index contributed by atoms with van der Waals surface area (Å²) >= 11 is 0. The average Bonchev–Trinajstić information content (AvgIpc) is 3.29. The van der Waals surface area contributed by atoms with E-state index < -0.39 is 29.6 Å². The lowest BCUT2D eigenvalue weighted by Gasteiger charge is -2.38. The molecule has 3 amide bonds. The van der Waals surface area contributed by atoms with Gasteiger partial charge in [0.15, 0.2) is 0 Å². The van der Waals surface area contributed by atoms with Crippen molar-refractivity contribution in [3.63, 3.8) is 0 Å². The smallest absolute Gasteiger partial charge is 0.410 e. The van der Waals surface area contributed by atoms with E-state index in [0.717, 1.165) is 25.7 Å². The molecule has 0 bridgehead atoms. The molecule has 1 aliphatic carbocycles. The SMILES string of the molecule is CC(C)(C)OC(=O)N1CCC(C(=O)NC2CCCCC2)[C@@H](C(=O)NCC(O)Cn2ccnc2)C1. The summed E-state index contributed by atoms with van der Waals surface area (Å²) in [6.07, 6.45) is 9.33. The zero-order valence-corrected chi connectivity index (χ0v) is 20.5. The van der Waals surface area contributed by atoms with Gasteiger partial charge in [-0.15, -0.1) is 0 Å². The van der Waals surface area contributed by atoms with Crippen molar-refractivity contribution < 1.29 is 24.2 Å². The van der Waals surface area contributed by atoms with Crippen molar-refractivity contribution in [3.05, 3.63) is 18.7 Å². The molecule has 2 fully saturated rings. The van der Waals surface area contributed by atoms with Crippen LogP contribution in [0.3, 0.4) is 0 Å². The molecule has 1 aromatic rings. The molecule has 10 heteroatoms. The highest BCUT2D eigenvalue weighted by molar-refractivity contribution is 5.88. The van der Waals surface area contributed by atoms with E-state index in [1.54, 1.807) is 44.1 Å². The number of aliphatic hydroxyl groups excluding tert-OH is 1. The second-order valence-corrected chi connectivity index (χ2v) is 10.4. The molecule has 1 aromatic heterocycles. The summed E-state index contributed by atoms with van der Waals surface area (Å²) in [4.78, 5) is 44.4. The Kier molecular flexibility index (Phi) is 8.93. The highest BCUT2D eigenvalue weighted by atomic mass is 16.6. The van der Waals surface area contributed by atoms with Crippen LogP contribution in [-0.4, -0.2) is 74.8 Å². The lowest BCUT2D eigenvalue weighted by Crippen LogP contribution is -2.55. The van der Waals surface area contributed by atoms with Crippen LogP contribution in [0.2, 0.25) is 0 Å². The van der Waals surface area contributed by atoms with Gasteiger partial charge in [-0.05, 0) is 40.0 Å². The van der Waals surface area contributed by atoms with Crippen molar-refractivity contribution in [2.24, 2.45) is 11.8 Å². The zero-order chi connectivity index (χ0) is 24.7. The summed E-state index contributed by atoms with van der Waals surface area (Å²) in [5.41, 5.74) is -0.651. The molecule has 0 spiro atoms. The number of ether oxygens (including phenoxy) is 1. The maximum atomic E-state index is 13.2. The summed E-state index contributed by atoms with van der Waals surface area (Å²) < 4.78 is 7.21. The fourth-order valence-corrected chi connectivity index (χ4v) is 4.63. The second-order valence-electron chi connectivity index (χ2n) is 10.4. The van der Waals surface area contributed by atoms with Crippen molar-refractivity contribution in [2.45, 2.75) is 83.6 Å². The third-order valence-electron chi connectivity index (χ3n) is 6.38. The van der Waals surface area contributed by atoms with Crippen LogP contribution in [0.15, 0.2) is 18.7 Å². The molecule has 2 unspecified atom stereocenters. The number of imidazole rings is 1. The zero-order valence-electron chi connectivity index (χ0n) is 20.5. The quantitative estimate of drug-likeness (QED) is 0.549. The molecule has 2 aliphatic rings. The van der Waals surface area contributed by atoms with Gasteiger partial charge in [-0.3, -0.25) is 9.59 Å². The Morgan fingerprint density at radius 3 is 2.50 bits per heavy atom. The van der Waals surface area contributed by atoms with E-state index in [1.807, 2.05) is 0 Å². The number of carbonyl (C=O) groups is 3. The molecule has 10 nitrogen and oxygen atoms in total. The van der Waals surface area contributed by atoms with Crippen LogP contribution in [0.1, 0.15) is 59.3 Å². The maximum Gasteiger partial charge on any atom is 0.410 e. The Morgan fingerprint density at radius 2 is 1.85 bits per heavy atom. The molecule has 1 saturated heterocycles. The fraction of sp³-hybridized carbons (Fsp3) is 0.750. The van der Waals surface area contributed by atoms with Crippen molar-refractivity contribution in [1.82, 2.24) is 25.1 Å². The number of piperidine rings is 1. The summed E-state index contributed by atoms with van der Waals surface area (Å²) in [6, 6.07) is 0.144. The first-order chi connectivity index (χ1) is 16.1. The monoisotopic (exact) mass is 477 g/mol. The van der Waals surface area contributed by atoms with Gasteiger partial charge in [0.1, 0.15) is 5.60 Å². The molecule has 0 radical (unpaired) electrons. The van der Waals surface area contributed by atoms with Crippen molar-refractivity contribution in [3.8, 4) is 0 Å².